The molecular weight excluding hydrogens is 520 g/mol. The number of aliphatic hydroxyl groups excluding tert-OH is 1. The summed E-state index contributed by atoms with van der Waals surface area (Å²) in [6.45, 7) is 8.68. The fourth-order valence-corrected chi connectivity index (χ4v) is 4.99. The monoisotopic (exact) mass is 550 g/mol. The number of rotatable bonds is 9. The highest BCUT2D eigenvalue weighted by atomic mass is 16.3. The first-order valence-electron chi connectivity index (χ1n) is 13.4. The molecule has 12 nitrogen and oxygen atoms in total. The zero-order valence-electron chi connectivity index (χ0n) is 22.5. The molecule has 0 radical (unpaired) electrons. The predicted octanol–water partition coefficient (Wildman–Crippen LogP) is 2.48. The number of pyridine rings is 1. The van der Waals surface area contributed by atoms with Gasteiger partial charge >= 0.3 is 0 Å². The van der Waals surface area contributed by atoms with Crippen LogP contribution in [0.1, 0.15) is 0 Å². The van der Waals surface area contributed by atoms with Crippen molar-refractivity contribution in [2.45, 2.75) is 6.54 Å². The molecule has 0 spiro atoms. The molecule has 0 aliphatic carbocycles. The highest BCUT2D eigenvalue weighted by Crippen LogP contribution is 2.23. The van der Waals surface area contributed by atoms with E-state index in [-0.39, 0.29) is 18.7 Å². The number of fused-ring (bicyclic) bond motifs is 1. The maximum absolute atomic E-state index is 13.3. The zero-order valence-corrected chi connectivity index (χ0v) is 22.5. The van der Waals surface area contributed by atoms with E-state index in [1.807, 2.05) is 36.4 Å². The minimum Gasteiger partial charge on any atom is -0.395 e. The van der Waals surface area contributed by atoms with E-state index < -0.39 is 0 Å². The summed E-state index contributed by atoms with van der Waals surface area (Å²) in [6, 6.07) is 17.3. The summed E-state index contributed by atoms with van der Waals surface area (Å²) in [4.78, 5) is 31.8. The van der Waals surface area contributed by atoms with Gasteiger partial charge in [-0.3, -0.25) is 9.69 Å². The molecule has 208 valence electrons. The van der Waals surface area contributed by atoms with E-state index in [0.29, 0.717) is 34.2 Å². The van der Waals surface area contributed by atoms with Gasteiger partial charge in [-0.25, -0.2) is 19.3 Å². The molecule has 1 aliphatic rings. The Morgan fingerprint density at radius 3 is 2.51 bits per heavy atom. The van der Waals surface area contributed by atoms with Crippen LogP contribution >= 0.6 is 0 Å². The van der Waals surface area contributed by atoms with Crippen molar-refractivity contribution in [1.29, 1.82) is 0 Å². The Hall–Kier alpha value is -4.94. The van der Waals surface area contributed by atoms with Crippen LogP contribution in [0.2, 0.25) is 0 Å². The molecule has 5 heterocycles. The van der Waals surface area contributed by atoms with E-state index in [1.54, 1.807) is 23.0 Å². The van der Waals surface area contributed by atoms with Gasteiger partial charge < -0.3 is 15.3 Å². The minimum absolute atomic E-state index is 0.190. The molecule has 1 aromatic carbocycles. The van der Waals surface area contributed by atoms with Gasteiger partial charge in [-0.15, -0.1) is 11.7 Å². The summed E-state index contributed by atoms with van der Waals surface area (Å²) in [5, 5.41) is 20.9. The largest absolute Gasteiger partial charge is 0.395 e. The zero-order chi connectivity index (χ0) is 28.2. The molecule has 0 amide bonds. The lowest BCUT2D eigenvalue weighted by molar-refractivity contribution is 0.189. The third kappa shape index (κ3) is 5.42. The number of β-amino-alcohol motifs (C(OH)–C–C–N with tert-alkyl or cyclic N) is 1. The molecule has 5 aromatic rings. The summed E-state index contributed by atoms with van der Waals surface area (Å²) >= 11 is 0. The van der Waals surface area contributed by atoms with Gasteiger partial charge in [0.25, 0.3) is 5.56 Å². The second kappa shape index (κ2) is 11.7. The first-order valence-corrected chi connectivity index (χ1v) is 13.4. The average molecular weight is 551 g/mol. The Balaban J connectivity index is 1.30. The first kappa shape index (κ1) is 26.3. The SMILES string of the molecule is C=CCn1c(=O)c2cnc(Nc3ccc(N4CCN(CCO)CC4)cc3)nc2n1-c1cccc(-c2cccnn2)n1. The summed E-state index contributed by atoms with van der Waals surface area (Å²) in [5.41, 5.74) is 3.40. The summed E-state index contributed by atoms with van der Waals surface area (Å²) < 4.78 is 3.22. The number of piperazine rings is 1. The molecule has 0 unspecified atom stereocenters. The van der Waals surface area contributed by atoms with Gasteiger partial charge in [-0.2, -0.15) is 10.1 Å². The van der Waals surface area contributed by atoms with Gasteiger partial charge in [0.15, 0.2) is 11.5 Å². The minimum atomic E-state index is -0.235. The molecule has 12 heteroatoms. The molecule has 1 aliphatic heterocycles. The van der Waals surface area contributed by atoms with Crippen molar-refractivity contribution in [3.05, 3.63) is 90.0 Å². The maximum atomic E-state index is 13.3. The van der Waals surface area contributed by atoms with E-state index in [2.05, 4.69) is 49.0 Å². The molecule has 0 bridgehead atoms. The van der Waals surface area contributed by atoms with Crippen molar-refractivity contribution in [3.63, 3.8) is 0 Å². The molecule has 6 rings (SSSR count). The molecule has 0 atom stereocenters. The third-order valence-electron chi connectivity index (χ3n) is 7.04. The number of benzene rings is 1. The summed E-state index contributed by atoms with van der Waals surface area (Å²) in [5.74, 6) is 0.868. The van der Waals surface area contributed by atoms with Crippen LogP contribution in [-0.4, -0.2) is 83.9 Å². The summed E-state index contributed by atoms with van der Waals surface area (Å²) in [7, 11) is 0. The van der Waals surface area contributed by atoms with Crippen LogP contribution in [0.15, 0.2) is 84.4 Å². The van der Waals surface area contributed by atoms with Crippen LogP contribution in [0, 0.1) is 0 Å². The van der Waals surface area contributed by atoms with Gasteiger partial charge in [-0.05, 0) is 48.5 Å². The second-order valence-corrected chi connectivity index (χ2v) is 9.63. The normalized spacial score (nSPS) is 13.9. The average Bonchev–Trinajstić information content (AvgIpc) is 3.29. The Morgan fingerprint density at radius 2 is 1.78 bits per heavy atom. The lowest BCUT2D eigenvalue weighted by Gasteiger charge is -2.35. The smallest absolute Gasteiger partial charge is 0.278 e. The van der Waals surface area contributed by atoms with E-state index in [9.17, 15) is 9.90 Å². The van der Waals surface area contributed by atoms with Crippen LogP contribution in [0.4, 0.5) is 17.3 Å². The maximum Gasteiger partial charge on any atom is 0.278 e. The Morgan fingerprint density at radius 1 is 0.976 bits per heavy atom. The van der Waals surface area contributed by atoms with Crippen LogP contribution in [0.5, 0.6) is 0 Å². The standard InChI is InChI=1S/C29H30N10O2/c1-2-13-38-28(41)23-20-30-29(32-21-8-10-22(11-9-21)37-16-14-36(15-17-37)18-19-40)34-27(23)39(38)26-7-3-5-24(33-26)25-6-4-12-31-35-25/h2-12,20,40H,1,13-19H2,(H,30,32,34). The number of anilines is 3. The van der Waals surface area contributed by atoms with Crippen molar-refractivity contribution in [3.8, 4) is 17.2 Å². The number of aliphatic hydroxyl groups is 1. The molecule has 4 aromatic heterocycles. The molecule has 0 saturated carbocycles. The Bertz CT molecular complexity index is 1710. The number of hydrogen-bond donors (Lipinski definition) is 2. The lowest BCUT2D eigenvalue weighted by Crippen LogP contribution is -2.47. The van der Waals surface area contributed by atoms with E-state index in [1.165, 1.54) is 10.9 Å². The molecular formula is C29H30N10O2. The fraction of sp³-hybridized carbons (Fsp3) is 0.241. The Labute approximate surface area is 236 Å². The number of allylic oxidation sites excluding steroid dienone is 1. The van der Waals surface area contributed by atoms with Crippen LogP contribution in [0.3, 0.4) is 0 Å². The predicted molar refractivity (Wildman–Crippen MR) is 158 cm³/mol. The van der Waals surface area contributed by atoms with Crippen LogP contribution in [0.25, 0.3) is 28.2 Å². The van der Waals surface area contributed by atoms with E-state index >= 15 is 0 Å². The van der Waals surface area contributed by atoms with Crippen molar-refractivity contribution in [2.75, 3.05) is 49.5 Å². The van der Waals surface area contributed by atoms with Gasteiger partial charge in [0.1, 0.15) is 11.1 Å². The quantitative estimate of drug-likeness (QED) is 0.264. The molecule has 1 saturated heterocycles. The molecule has 2 N–H and O–H groups in total. The first-order chi connectivity index (χ1) is 20.1. The molecule has 41 heavy (non-hydrogen) atoms. The Kier molecular flexibility index (Phi) is 7.48. The van der Waals surface area contributed by atoms with Crippen LogP contribution < -0.4 is 15.8 Å². The van der Waals surface area contributed by atoms with Crippen molar-refractivity contribution in [2.24, 2.45) is 0 Å². The van der Waals surface area contributed by atoms with Crippen molar-refractivity contribution < 1.29 is 5.11 Å². The fourth-order valence-electron chi connectivity index (χ4n) is 4.99. The second-order valence-electron chi connectivity index (χ2n) is 9.63. The van der Waals surface area contributed by atoms with E-state index in [4.69, 9.17) is 9.97 Å². The van der Waals surface area contributed by atoms with Gasteiger partial charge in [0, 0.05) is 56.5 Å². The topological polar surface area (TPSA) is 130 Å². The van der Waals surface area contributed by atoms with Crippen molar-refractivity contribution in [1.82, 2.24) is 39.4 Å². The highest BCUT2D eigenvalue weighted by Gasteiger charge is 2.19. The summed E-state index contributed by atoms with van der Waals surface area (Å²) in [6.07, 6.45) is 4.80. The van der Waals surface area contributed by atoms with Gasteiger partial charge in [0.05, 0.1) is 18.8 Å². The number of aromatic nitrogens is 7. The lowest BCUT2D eigenvalue weighted by atomic mass is 10.2. The third-order valence-corrected chi connectivity index (χ3v) is 7.04. The number of nitrogens with zero attached hydrogens (tertiary/aromatic N) is 9. The van der Waals surface area contributed by atoms with Gasteiger partial charge in [-0.1, -0.05) is 12.1 Å². The highest BCUT2D eigenvalue weighted by molar-refractivity contribution is 5.77. The number of hydrogen-bond acceptors (Lipinski definition) is 10. The molecule has 1 fully saturated rings. The number of nitrogens with one attached hydrogen (secondary N) is 1. The van der Waals surface area contributed by atoms with E-state index in [0.717, 1.165) is 44.1 Å². The van der Waals surface area contributed by atoms with Crippen molar-refractivity contribution >= 4 is 28.4 Å². The van der Waals surface area contributed by atoms with Crippen LogP contribution in [-0.2, 0) is 6.54 Å². The van der Waals surface area contributed by atoms with Gasteiger partial charge in [0.2, 0.25) is 5.95 Å².